The van der Waals surface area contributed by atoms with Crippen LogP contribution in [-0.2, 0) is 6.18 Å². The SMILES string of the molecule is Cc1sc(C(F)(F)F)c(-c2ccccc2)c1N=C=S. The monoisotopic (exact) mass is 299 g/mol. The number of aliphatic imine (C=N–C) groups is 1. The van der Waals surface area contributed by atoms with Gasteiger partial charge in [0.2, 0.25) is 0 Å². The number of isothiocyanates is 1. The van der Waals surface area contributed by atoms with Crippen LogP contribution in [0.2, 0.25) is 0 Å². The Kier molecular flexibility index (Phi) is 3.85. The molecule has 0 radical (unpaired) electrons. The zero-order valence-corrected chi connectivity index (χ0v) is 11.4. The number of hydrogen-bond donors (Lipinski definition) is 0. The van der Waals surface area contributed by atoms with Crippen LogP contribution in [0.1, 0.15) is 9.75 Å². The molecule has 1 aromatic carbocycles. The molecular weight excluding hydrogens is 291 g/mol. The minimum Gasteiger partial charge on any atom is -0.193 e. The van der Waals surface area contributed by atoms with Crippen molar-refractivity contribution in [1.82, 2.24) is 0 Å². The van der Waals surface area contributed by atoms with E-state index >= 15 is 0 Å². The second kappa shape index (κ2) is 5.25. The molecule has 98 valence electrons. The van der Waals surface area contributed by atoms with Crippen molar-refractivity contribution < 1.29 is 13.2 Å². The Labute approximate surface area is 117 Å². The molecule has 1 aromatic heterocycles. The number of thiocarbonyl (C=S) groups is 1. The van der Waals surface area contributed by atoms with Gasteiger partial charge in [0.05, 0.1) is 10.8 Å². The Balaban J connectivity index is 2.78. The average Bonchev–Trinajstić information content (AvgIpc) is 2.69. The fraction of sp³-hybridized carbons (Fsp3) is 0.154. The highest BCUT2D eigenvalue weighted by molar-refractivity contribution is 7.78. The average molecular weight is 299 g/mol. The van der Waals surface area contributed by atoms with E-state index < -0.39 is 11.1 Å². The first-order valence-corrected chi connectivity index (χ1v) is 6.51. The van der Waals surface area contributed by atoms with E-state index in [0.29, 0.717) is 21.8 Å². The highest BCUT2D eigenvalue weighted by Gasteiger charge is 2.38. The first-order chi connectivity index (χ1) is 8.95. The van der Waals surface area contributed by atoms with E-state index in [2.05, 4.69) is 22.4 Å². The van der Waals surface area contributed by atoms with Crippen LogP contribution in [0.15, 0.2) is 35.3 Å². The van der Waals surface area contributed by atoms with Crippen LogP contribution >= 0.6 is 23.6 Å². The van der Waals surface area contributed by atoms with Gasteiger partial charge in [0, 0.05) is 10.4 Å². The van der Waals surface area contributed by atoms with Crippen molar-refractivity contribution in [2.45, 2.75) is 13.1 Å². The molecule has 0 atom stereocenters. The third kappa shape index (κ3) is 2.76. The summed E-state index contributed by atoms with van der Waals surface area (Å²) in [5, 5.41) is 2.15. The summed E-state index contributed by atoms with van der Waals surface area (Å²) in [5.41, 5.74) is 0.801. The molecule has 0 unspecified atom stereocenters. The lowest BCUT2D eigenvalue weighted by molar-refractivity contribution is -0.133. The first-order valence-electron chi connectivity index (χ1n) is 5.29. The Morgan fingerprint density at radius 2 is 1.84 bits per heavy atom. The number of nitrogens with zero attached hydrogens (tertiary/aromatic N) is 1. The molecule has 0 spiro atoms. The van der Waals surface area contributed by atoms with E-state index in [-0.39, 0.29) is 11.3 Å². The van der Waals surface area contributed by atoms with E-state index in [9.17, 15) is 13.2 Å². The molecule has 2 aromatic rings. The molecular formula is C13H8F3NS2. The zero-order chi connectivity index (χ0) is 14.0. The summed E-state index contributed by atoms with van der Waals surface area (Å²) in [5.74, 6) is 0. The quantitative estimate of drug-likeness (QED) is 0.528. The lowest BCUT2D eigenvalue weighted by Crippen LogP contribution is -2.03. The van der Waals surface area contributed by atoms with Crippen molar-refractivity contribution in [3.05, 3.63) is 40.1 Å². The predicted molar refractivity (Wildman–Crippen MR) is 74.2 cm³/mol. The molecule has 0 amide bonds. The van der Waals surface area contributed by atoms with Gasteiger partial charge in [-0.25, -0.2) is 0 Å². The summed E-state index contributed by atoms with van der Waals surface area (Å²) in [6, 6.07) is 8.37. The van der Waals surface area contributed by atoms with Gasteiger partial charge in [-0.05, 0) is 24.7 Å². The molecule has 19 heavy (non-hydrogen) atoms. The molecule has 2 rings (SSSR count). The van der Waals surface area contributed by atoms with Gasteiger partial charge in [0.25, 0.3) is 0 Å². The van der Waals surface area contributed by atoms with Crippen LogP contribution in [0.5, 0.6) is 0 Å². The second-order valence-corrected chi connectivity index (χ2v) is 5.19. The molecule has 0 saturated heterocycles. The van der Waals surface area contributed by atoms with Crippen LogP contribution in [0, 0.1) is 6.92 Å². The Morgan fingerprint density at radius 3 is 2.37 bits per heavy atom. The number of aryl methyl sites for hydroxylation is 1. The highest BCUT2D eigenvalue weighted by atomic mass is 32.1. The molecule has 6 heteroatoms. The minimum absolute atomic E-state index is 0.0768. The first kappa shape index (κ1) is 13.9. The van der Waals surface area contributed by atoms with Crippen molar-refractivity contribution >= 4 is 34.4 Å². The van der Waals surface area contributed by atoms with Gasteiger partial charge < -0.3 is 0 Å². The van der Waals surface area contributed by atoms with Crippen LogP contribution in [0.25, 0.3) is 11.1 Å². The topological polar surface area (TPSA) is 12.4 Å². The van der Waals surface area contributed by atoms with Crippen molar-refractivity contribution in [2.24, 2.45) is 4.99 Å². The number of halogens is 3. The standard InChI is InChI=1S/C13H8F3NS2/c1-8-11(17-7-18)10(9-5-3-2-4-6-9)12(19-8)13(14,15)16/h2-6H,1H3. The largest absolute Gasteiger partial charge is 0.426 e. The summed E-state index contributed by atoms with van der Waals surface area (Å²) in [7, 11) is 0. The maximum atomic E-state index is 13.1. The summed E-state index contributed by atoms with van der Waals surface area (Å²) in [4.78, 5) is 3.61. The summed E-state index contributed by atoms with van der Waals surface area (Å²) < 4.78 is 39.3. The summed E-state index contributed by atoms with van der Waals surface area (Å²) in [6.07, 6.45) is -4.41. The third-order valence-electron chi connectivity index (χ3n) is 2.53. The van der Waals surface area contributed by atoms with Crippen molar-refractivity contribution in [3.63, 3.8) is 0 Å². The Hall–Kier alpha value is -1.49. The normalized spacial score (nSPS) is 11.2. The fourth-order valence-corrected chi connectivity index (χ4v) is 2.86. The van der Waals surface area contributed by atoms with Crippen LogP contribution in [0.4, 0.5) is 18.9 Å². The highest BCUT2D eigenvalue weighted by Crippen LogP contribution is 2.49. The smallest absolute Gasteiger partial charge is 0.193 e. The number of benzene rings is 1. The minimum atomic E-state index is -4.41. The lowest BCUT2D eigenvalue weighted by atomic mass is 10.0. The van der Waals surface area contributed by atoms with Gasteiger partial charge in [-0.15, -0.1) is 11.3 Å². The maximum Gasteiger partial charge on any atom is 0.426 e. The van der Waals surface area contributed by atoms with Crippen LogP contribution in [0.3, 0.4) is 0 Å². The zero-order valence-electron chi connectivity index (χ0n) is 9.78. The molecule has 0 aliphatic carbocycles. The number of rotatable bonds is 2. The third-order valence-corrected chi connectivity index (χ3v) is 3.76. The van der Waals surface area contributed by atoms with Gasteiger partial charge in [0.1, 0.15) is 4.88 Å². The molecule has 1 heterocycles. The van der Waals surface area contributed by atoms with Crippen molar-refractivity contribution in [2.75, 3.05) is 0 Å². The summed E-state index contributed by atoms with van der Waals surface area (Å²) >= 11 is 5.19. The van der Waals surface area contributed by atoms with Crippen LogP contribution < -0.4 is 0 Å². The summed E-state index contributed by atoms with van der Waals surface area (Å²) in [6.45, 7) is 1.60. The van der Waals surface area contributed by atoms with Crippen molar-refractivity contribution in [3.8, 4) is 11.1 Å². The fourth-order valence-electron chi connectivity index (χ4n) is 1.79. The Bertz CT molecular complexity index is 638. The van der Waals surface area contributed by atoms with Crippen LogP contribution in [-0.4, -0.2) is 5.16 Å². The second-order valence-electron chi connectivity index (χ2n) is 3.78. The predicted octanol–water partition coefficient (Wildman–Crippen LogP) is 5.48. The molecule has 1 nitrogen and oxygen atoms in total. The molecule has 0 fully saturated rings. The van der Waals surface area contributed by atoms with E-state index in [4.69, 9.17) is 0 Å². The van der Waals surface area contributed by atoms with Gasteiger partial charge in [0.15, 0.2) is 0 Å². The van der Waals surface area contributed by atoms with E-state index in [1.807, 2.05) is 0 Å². The molecule has 0 saturated carbocycles. The number of thiophene rings is 1. The van der Waals surface area contributed by atoms with Gasteiger partial charge in [-0.1, -0.05) is 30.3 Å². The maximum absolute atomic E-state index is 13.1. The van der Waals surface area contributed by atoms with E-state index in [0.717, 1.165) is 0 Å². The van der Waals surface area contributed by atoms with Gasteiger partial charge in [-0.3, -0.25) is 0 Å². The van der Waals surface area contributed by atoms with Gasteiger partial charge in [-0.2, -0.15) is 18.2 Å². The Morgan fingerprint density at radius 1 is 1.21 bits per heavy atom. The van der Waals surface area contributed by atoms with E-state index in [1.165, 1.54) is 0 Å². The molecule has 0 aliphatic rings. The number of alkyl halides is 3. The lowest BCUT2D eigenvalue weighted by Gasteiger charge is -2.08. The number of hydrogen-bond acceptors (Lipinski definition) is 3. The van der Waals surface area contributed by atoms with E-state index in [1.54, 1.807) is 37.3 Å². The molecule has 0 N–H and O–H groups in total. The van der Waals surface area contributed by atoms with Crippen molar-refractivity contribution in [1.29, 1.82) is 0 Å². The molecule has 0 aliphatic heterocycles. The van der Waals surface area contributed by atoms with Gasteiger partial charge >= 0.3 is 6.18 Å². The molecule has 0 bridgehead atoms.